The summed E-state index contributed by atoms with van der Waals surface area (Å²) in [5, 5.41) is 2.67. The minimum absolute atomic E-state index is 0.0263. The highest BCUT2D eigenvalue weighted by Gasteiger charge is 2.22. The average molecular weight is 294 g/mol. The standard InChI is InChI=1S/C15H22N2O2S/c1-12-3-5-14(6-4-12)20-19-11-13-7-9-17(10-8-13)15(18)16-2/h3-6,13H,7-11H2,1-2H3,(H,16,18). The third-order valence-electron chi connectivity index (χ3n) is 3.60. The Bertz CT molecular complexity index is 428. The van der Waals surface area contributed by atoms with Gasteiger partial charge < -0.3 is 14.4 Å². The predicted octanol–water partition coefficient (Wildman–Crippen LogP) is 3.07. The van der Waals surface area contributed by atoms with Crippen molar-refractivity contribution in [1.29, 1.82) is 0 Å². The van der Waals surface area contributed by atoms with Gasteiger partial charge in [-0.05, 0) is 37.8 Å². The summed E-state index contributed by atoms with van der Waals surface area (Å²) in [4.78, 5) is 14.5. The number of hydrogen-bond donors (Lipinski definition) is 1. The van der Waals surface area contributed by atoms with Crippen LogP contribution in [0.2, 0.25) is 0 Å². The van der Waals surface area contributed by atoms with Crippen LogP contribution in [0.15, 0.2) is 29.2 Å². The second-order valence-electron chi connectivity index (χ2n) is 5.17. The summed E-state index contributed by atoms with van der Waals surface area (Å²) in [5.74, 6) is 0.550. The molecule has 0 aromatic heterocycles. The molecule has 1 saturated heterocycles. The van der Waals surface area contributed by atoms with E-state index in [-0.39, 0.29) is 6.03 Å². The molecule has 0 aliphatic carbocycles. The Balaban J connectivity index is 1.66. The quantitative estimate of drug-likeness (QED) is 0.868. The first-order valence-electron chi connectivity index (χ1n) is 7.02. The molecule has 0 saturated carbocycles. The lowest BCUT2D eigenvalue weighted by atomic mass is 9.98. The zero-order valence-corrected chi connectivity index (χ0v) is 12.9. The summed E-state index contributed by atoms with van der Waals surface area (Å²) in [6.07, 6.45) is 2.03. The maximum absolute atomic E-state index is 11.5. The van der Waals surface area contributed by atoms with E-state index in [1.165, 1.54) is 17.6 Å². The van der Waals surface area contributed by atoms with Crippen molar-refractivity contribution in [3.05, 3.63) is 29.8 Å². The monoisotopic (exact) mass is 294 g/mol. The number of aryl methyl sites for hydroxylation is 1. The fraction of sp³-hybridized carbons (Fsp3) is 0.533. The summed E-state index contributed by atoms with van der Waals surface area (Å²) in [6, 6.07) is 8.36. The zero-order valence-electron chi connectivity index (χ0n) is 12.1. The average Bonchev–Trinajstić information content (AvgIpc) is 2.49. The molecule has 0 unspecified atom stereocenters. The number of nitrogens with one attached hydrogen (secondary N) is 1. The van der Waals surface area contributed by atoms with Crippen LogP contribution >= 0.6 is 12.0 Å². The lowest BCUT2D eigenvalue weighted by molar-refractivity contribution is 0.153. The molecule has 1 aromatic rings. The van der Waals surface area contributed by atoms with E-state index in [9.17, 15) is 4.79 Å². The first kappa shape index (κ1) is 15.2. The van der Waals surface area contributed by atoms with E-state index in [2.05, 4.69) is 36.5 Å². The minimum atomic E-state index is 0.0263. The van der Waals surface area contributed by atoms with Gasteiger partial charge >= 0.3 is 6.03 Å². The molecule has 1 N–H and O–H groups in total. The molecule has 1 fully saturated rings. The van der Waals surface area contributed by atoms with E-state index in [0.29, 0.717) is 5.92 Å². The zero-order chi connectivity index (χ0) is 14.4. The minimum Gasteiger partial charge on any atom is -0.341 e. The predicted molar refractivity (Wildman–Crippen MR) is 81.7 cm³/mol. The molecule has 2 amide bonds. The van der Waals surface area contributed by atoms with Crippen molar-refractivity contribution in [3.8, 4) is 0 Å². The second-order valence-corrected chi connectivity index (χ2v) is 6.04. The van der Waals surface area contributed by atoms with Gasteiger partial charge in [0.05, 0.1) is 6.61 Å². The third kappa shape index (κ3) is 4.42. The molecular formula is C15H22N2O2S. The Hall–Kier alpha value is -1.20. The van der Waals surface area contributed by atoms with E-state index in [0.717, 1.165) is 37.4 Å². The number of carbonyl (C=O) groups excluding carboxylic acids is 1. The van der Waals surface area contributed by atoms with Crippen LogP contribution in [0.4, 0.5) is 4.79 Å². The van der Waals surface area contributed by atoms with Crippen molar-refractivity contribution in [2.45, 2.75) is 24.7 Å². The molecule has 0 radical (unpaired) electrons. The summed E-state index contributed by atoms with van der Waals surface area (Å²) >= 11 is 1.44. The fourth-order valence-electron chi connectivity index (χ4n) is 2.25. The molecule has 1 aliphatic rings. The van der Waals surface area contributed by atoms with Crippen LogP contribution in [0.1, 0.15) is 18.4 Å². The number of likely N-dealkylation sites (tertiary alicyclic amines) is 1. The van der Waals surface area contributed by atoms with Crippen molar-refractivity contribution in [1.82, 2.24) is 10.2 Å². The largest absolute Gasteiger partial charge is 0.341 e. The number of rotatable bonds is 4. The fourth-order valence-corrected chi connectivity index (χ4v) is 2.90. The molecule has 5 heteroatoms. The maximum Gasteiger partial charge on any atom is 0.317 e. The van der Waals surface area contributed by atoms with Gasteiger partial charge in [0.2, 0.25) is 0 Å². The molecule has 1 heterocycles. The highest BCUT2D eigenvalue weighted by molar-refractivity contribution is 7.94. The first-order valence-corrected chi connectivity index (χ1v) is 7.76. The number of piperidine rings is 1. The van der Waals surface area contributed by atoms with Gasteiger partial charge in [-0.15, -0.1) is 0 Å². The van der Waals surface area contributed by atoms with Crippen molar-refractivity contribution >= 4 is 18.1 Å². The molecule has 0 bridgehead atoms. The molecule has 1 aliphatic heterocycles. The van der Waals surface area contributed by atoms with Crippen molar-refractivity contribution in [2.24, 2.45) is 5.92 Å². The number of carbonyl (C=O) groups is 1. The highest BCUT2D eigenvalue weighted by Crippen LogP contribution is 2.23. The lowest BCUT2D eigenvalue weighted by Crippen LogP contribution is -2.43. The molecule has 20 heavy (non-hydrogen) atoms. The van der Waals surface area contributed by atoms with Gasteiger partial charge in [0, 0.05) is 37.1 Å². The number of urea groups is 1. The first-order chi connectivity index (χ1) is 9.69. The molecule has 4 nitrogen and oxygen atoms in total. The summed E-state index contributed by atoms with van der Waals surface area (Å²) in [6.45, 7) is 4.47. The summed E-state index contributed by atoms with van der Waals surface area (Å²) in [5.41, 5.74) is 1.26. The molecule has 1 aromatic carbocycles. The Morgan fingerprint density at radius 1 is 1.35 bits per heavy atom. The normalized spacial score (nSPS) is 16.2. The van der Waals surface area contributed by atoms with E-state index < -0.39 is 0 Å². The Kier molecular flexibility index (Phi) is 5.73. The third-order valence-corrected chi connectivity index (χ3v) is 4.31. The lowest BCUT2D eigenvalue weighted by Gasteiger charge is -2.31. The number of hydrogen-bond acceptors (Lipinski definition) is 3. The Morgan fingerprint density at radius 3 is 2.60 bits per heavy atom. The second kappa shape index (κ2) is 7.55. The van der Waals surface area contributed by atoms with Crippen molar-refractivity contribution < 1.29 is 8.98 Å². The maximum atomic E-state index is 11.5. The van der Waals surface area contributed by atoms with Crippen molar-refractivity contribution in [2.75, 3.05) is 26.7 Å². The van der Waals surface area contributed by atoms with Crippen LogP contribution in [0.5, 0.6) is 0 Å². The van der Waals surface area contributed by atoms with E-state index in [1.54, 1.807) is 7.05 Å². The molecule has 0 spiro atoms. The van der Waals surface area contributed by atoms with Gasteiger partial charge in [-0.25, -0.2) is 4.79 Å². The van der Waals surface area contributed by atoms with E-state index in [1.807, 2.05) is 4.90 Å². The molecule has 0 atom stereocenters. The van der Waals surface area contributed by atoms with Crippen LogP contribution in [-0.2, 0) is 4.18 Å². The Morgan fingerprint density at radius 2 is 2.00 bits per heavy atom. The molecular weight excluding hydrogens is 272 g/mol. The van der Waals surface area contributed by atoms with Gasteiger partial charge in [0.15, 0.2) is 0 Å². The topological polar surface area (TPSA) is 41.6 Å². The number of nitrogens with zero attached hydrogens (tertiary/aromatic N) is 1. The van der Waals surface area contributed by atoms with Crippen molar-refractivity contribution in [3.63, 3.8) is 0 Å². The SMILES string of the molecule is CNC(=O)N1CCC(COSc2ccc(C)cc2)CC1. The van der Waals surface area contributed by atoms with Gasteiger partial charge in [-0.3, -0.25) is 0 Å². The van der Waals surface area contributed by atoms with E-state index in [4.69, 9.17) is 4.18 Å². The summed E-state index contributed by atoms with van der Waals surface area (Å²) < 4.78 is 5.72. The summed E-state index contributed by atoms with van der Waals surface area (Å²) in [7, 11) is 1.68. The van der Waals surface area contributed by atoms with Gasteiger partial charge in [-0.2, -0.15) is 0 Å². The van der Waals surface area contributed by atoms with Gasteiger partial charge in [0.1, 0.15) is 0 Å². The number of amides is 2. The molecule has 2 rings (SSSR count). The smallest absolute Gasteiger partial charge is 0.317 e. The van der Waals surface area contributed by atoms with Crippen LogP contribution in [0, 0.1) is 12.8 Å². The van der Waals surface area contributed by atoms with Crippen LogP contribution < -0.4 is 5.32 Å². The van der Waals surface area contributed by atoms with Crippen LogP contribution in [-0.4, -0.2) is 37.7 Å². The number of benzene rings is 1. The Labute approximate surface area is 125 Å². The van der Waals surface area contributed by atoms with E-state index >= 15 is 0 Å². The van der Waals surface area contributed by atoms with Gasteiger partial charge in [-0.1, -0.05) is 17.7 Å². The van der Waals surface area contributed by atoms with Crippen LogP contribution in [0.3, 0.4) is 0 Å². The van der Waals surface area contributed by atoms with Crippen LogP contribution in [0.25, 0.3) is 0 Å². The molecule has 110 valence electrons. The van der Waals surface area contributed by atoms with Gasteiger partial charge in [0.25, 0.3) is 0 Å². The highest BCUT2D eigenvalue weighted by atomic mass is 32.2.